The first-order valence-corrected chi connectivity index (χ1v) is 6.36. The van der Waals surface area contributed by atoms with Gasteiger partial charge in [-0.3, -0.25) is 4.79 Å². The van der Waals surface area contributed by atoms with Gasteiger partial charge in [0.2, 0.25) is 0 Å². The average Bonchev–Trinajstić information content (AvgIpc) is 2.83. The van der Waals surface area contributed by atoms with Crippen molar-refractivity contribution in [1.29, 1.82) is 0 Å². The van der Waals surface area contributed by atoms with Gasteiger partial charge in [0.25, 0.3) is 5.91 Å². The van der Waals surface area contributed by atoms with E-state index in [4.69, 9.17) is 0 Å². The molecule has 2 heterocycles. The number of piperidine rings is 1. The zero-order valence-electron chi connectivity index (χ0n) is 11.4. The van der Waals surface area contributed by atoms with Crippen molar-refractivity contribution in [3.63, 3.8) is 0 Å². The van der Waals surface area contributed by atoms with Crippen LogP contribution >= 0.6 is 12.4 Å². The van der Waals surface area contributed by atoms with E-state index in [2.05, 4.69) is 22.5 Å². The molecule has 0 aromatic carbocycles. The Morgan fingerprint density at radius 1 is 1.45 bits per heavy atom. The highest BCUT2D eigenvalue weighted by atomic mass is 35.5. The Labute approximate surface area is 123 Å². The summed E-state index contributed by atoms with van der Waals surface area (Å²) in [6.45, 7) is 5.07. The predicted octanol–water partition coefficient (Wildman–Crippen LogP) is 1.46. The Morgan fingerprint density at radius 3 is 2.70 bits per heavy atom. The molecule has 2 rings (SSSR count). The van der Waals surface area contributed by atoms with Gasteiger partial charge in [-0.2, -0.15) is 0 Å². The lowest BCUT2D eigenvalue weighted by Crippen LogP contribution is -2.55. The smallest absolute Gasteiger partial charge is 0.321 e. The largest absolute Gasteiger partial charge is 0.358 e. The molecule has 0 radical (unpaired) electrons. The van der Waals surface area contributed by atoms with Crippen LogP contribution in [0.3, 0.4) is 0 Å². The first-order chi connectivity index (χ1) is 8.99. The van der Waals surface area contributed by atoms with Gasteiger partial charge < -0.3 is 20.7 Å². The Bertz CT molecular complexity index is 481. The number of nitrogens with one attached hydrogen (secondary N) is 3. The lowest BCUT2D eigenvalue weighted by Gasteiger charge is -2.35. The van der Waals surface area contributed by atoms with Gasteiger partial charge in [0, 0.05) is 18.2 Å². The summed E-state index contributed by atoms with van der Waals surface area (Å²) in [6, 6.07) is 2.95. The van der Waals surface area contributed by atoms with E-state index in [1.165, 1.54) is 12.1 Å². The molecular formula is C12H19ClN4O3. The van der Waals surface area contributed by atoms with Gasteiger partial charge in [0.05, 0.1) is 0 Å². The number of halogens is 1. The fourth-order valence-electron chi connectivity index (χ4n) is 2.46. The number of hydrogen-bond acceptors (Lipinski definition) is 4. The fourth-order valence-corrected chi connectivity index (χ4v) is 2.46. The maximum Gasteiger partial charge on any atom is 0.321 e. The van der Waals surface area contributed by atoms with Crippen LogP contribution in [0, 0.1) is 16.0 Å². The summed E-state index contributed by atoms with van der Waals surface area (Å²) in [5.74, 6) is -0.0985. The third-order valence-corrected chi connectivity index (χ3v) is 3.63. The number of hydrogen-bond donors (Lipinski definition) is 3. The number of H-pyrrole nitrogens is 1. The molecule has 20 heavy (non-hydrogen) atoms. The van der Waals surface area contributed by atoms with Gasteiger partial charge in [-0.15, -0.1) is 12.4 Å². The van der Waals surface area contributed by atoms with Gasteiger partial charge in [-0.25, -0.2) is 4.98 Å². The summed E-state index contributed by atoms with van der Waals surface area (Å²) < 4.78 is 0. The van der Waals surface area contributed by atoms with Crippen LogP contribution in [0.1, 0.15) is 30.8 Å². The van der Waals surface area contributed by atoms with Gasteiger partial charge in [-0.1, -0.05) is 6.92 Å². The highest BCUT2D eigenvalue weighted by molar-refractivity contribution is 5.93. The molecule has 0 spiro atoms. The van der Waals surface area contributed by atoms with Crippen LogP contribution in [0.4, 0.5) is 5.82 Å². The molecule has 1 fully saturated rings. The van der Waals surface area contributed by atoms with Gasteiger partial charge >= 0.3 is 5.82 Å². The van der Waals surface area contributed by atoms with Crippen LogP contribution in [0.2, 0.25) is 0 Å². The molecule has 3 N–H and O–H groups in total. The number of carbonyl (C=O) groups excluding carboxylic acids is 1. The van der Waals surface area contributed by atoms with E-state index in [0.717, 1.165) is 13.0 Å². The lowest BCUT2D eigenvalue weighted by molar-refractivity contribution is -0.389. The average molecular weight is 303 g/mol. The monoisotopic (exact) mass is 302 g/mol. The molecule has 0 aliphatic carbocycles. The molecule has 3 unspecified atom stereocenters. The van der Waals surface area contributed by atoms with E-state index < -0.39 is 4.92 Å². The minimum atomic E-state index is -0.551. The standard InChI is InChI=1S/C12H18N4O3.ClH/c1-7-5-6-13-8(2)11(7)15-12(17)9-3-4-10(14-9)16(18)19;/h3-4,7-8,11,13-14H,5-6H2,1-2H3,(H,15,17);1H. The number of amides is 1. The maximum atomic E-state index is 12.0. The number of nitro groups is 1. The Morgan fingerprint density at radius 2 is 2.15 bits per heavy atom. The Hall–Kier alpha value is -1.60. The SMILES string of the molecule is CC1CCNC(C)C1NC(=O)c1ccc([N+](=O)[O-])[nH]1.Cl. The highest BCUT2D eigenvalue weighted by Crippen LogP contribution is 2.17. The van der Waals surface area contributed by atoms with Crippen LogP contribution < -0.4 is 10.6 Å². The zero-order chi connectivity index (χ0) is 14.0. The van der Waals surface area contributed by atoms with Crippen molar-refractivity contribution in [2.75, 3.05) is 6.54 Å². The van der Waals surface area contributed by atoms with Crippen LogP contribution in [0.5, 0.6) is 0 Å². The van der Waals surface area contributed by atoms with Crippen molar-refractivity contribution in [3.8, 4) is 0 Å². The molecule has 1 saturated heterocycles. The molecule has 0 saturated carbocycles. The number of rotatable bonds is 3. The Kier molecular flexibility index (Phi) is 5.52. The van der Waals surface area contributed by atoms with Crippen molar-refractivity contribution in [1.82, 2.24) is 15.6 Å². The number of carbonyl (C=O) groups is 1. The van der Waals surface area contributed by atoms with Crippen LogP contribution in [-0.2, 0) is 0 Å². The zero-order valence-corrected chi connectivity index (χ0v) is 12.2. The molecule has 8 heteroatoms. The molecular weight excluding hydrogens is 284 g/mol. The van der Waals surface area contributed by atoms with E-state index in [-0.39, 0.29) is 41.9 Å². The topological polar surface area (TPSA) is 100 Å². The molecule has 112 valence electrons. The summed E-state index contributed by atoms with van der Waals surface area (Å²) in [4.78, 5) is 24.6. The van der Waals surface area contributed by atoms with Crippen molar-refractivity contribution in [2.24, 2.45) is 5.92 Å². The molecule has 1 amide bonds. The molecule has 1 aliphatic rings. The lowest BCUT2D eigenvalue weighted by atomic mass is 9.89. The van der Waals surface area contributed by atoms with Crippen LogP contribution in [-0.4, -0.2) is 34.4 Å². The van der Waals surface area contributed by atoms with Crippen molar-refractivity contribution < 1.29 is 9.72 Å². The second kappa shape index (κ2) is 6.71. The molecule has 1 aromatic heterocycles. The second-order valence-electron chi connectivity index (χ2n) is 5.02. The van der Waals surface area contributed by atoms with E-state index in [9.17, 15) is 14.9 Å². The fraction of sp³-hybridized carbons (Fsp3) is 0.583. The summed E-state index contributed by atoms with van der Waals surface area (Å²) in [5, 5.41) is 16.8. The quantitative estimate of drug-likeness (QED) is 0.581. The molecule has 7 nitrogen and oxygen atoms in total. The maximum absolute atomic E-state index is 12.0. The van der Waals surface area contributed by atoms with Gasteiger partial charge in [0.1, 0.15) is 0 Å². The summed E-state index contributed by atoms with van der Waals surface area (Å²) in [7, 11) is 0. The molecule has 0 bridgehead atoms. The summed E-state index contributed by atoms with van der Waals surface area (Å²) in [6.07, 6.45) is 1.00. The van der Waals surface area contributed by atoms with Crippen molar-refractivity contribution in [3.05, 3.63) is 27.9 Å². The molecule has 3 atom stereocenters. The van der Waals surface area contributed by atoms with E-state index >= 15 is 0 Å². The first-order valence-electron chi connectivity index (χ1n) is 6.36. The third kappa shape index (κ3) is 3.49. The summed E-state index contributed by atoms with van der Waals surface area (Å²) in [5.41, 5.74) is 0.219. The van der Waals surface area contributed by atoms with Gasteiger partial charge in [-0.05, 0) is 36.8 Å². The van der Waals surface area contributed by atoms with Crippen molar-refractivity contribution in [2.45, 2.75) is 32.4 Å². The number of aromatic amines is 1. The Balaban J connectivity index is 0.00000200. The summed E-state index contributed by atoms with van der Waals surface area (Å²) >= 11 is 0. The normalized spacial score (nSPS) is 25.6. The molecule has 1 aromatic rings. The second-order valence-corrected chi connectivity index (χ2v) is 5.02. The van der Waals surface area contributed by atoms with Crippen molar-refractivity contribution >= 4 is 24.1 Å². The first kappa shape index (κ1) is 16.5. The third-order valence-electron chi connectivity index (χ3n) is 3.63. The van der Waals surface area contributed by atoms with E-state index in [1.54, 1.807) is 0 Å². The van der Waals surface area contributed by atoms with E-state index in [0.29, 0.717) is 5.92 Å². The highest BCUT2D eigenvalue weighted by Gasteiger charge is 2.30. The van der Waals surface area contributed by atoms with E-state index in [1.807, 2.05) is 6.92 Å². The number of nitrogens with zero attached hydrogens (tertiary/aromatic N) is 1. The van der Waals surface area contributed by atoms with Crippen LogP contribution in [0.25, 0.3) is 0 Å². The van der Waals surface area contributed by atoms with Crippen LogP contribution in [0.15, 0.2) is 12.1 Å². The minimum Gasteiger partial charge on any atom is -0.358 e. The van der Waals surface area contributed by atoms with Gasteiger partial charge in [0.15, 0.2) is 5.69 Å². The predicted molar refractivity (Wildman–Crippen MR) is 77.2 cm³/mol. The molecule has 1 aliphatic heterocycles. The minimum absolute atomic E-state index is 0. The number of aromatic nitrogens is 1.